The zero-order valence-electron chi connectivity index (χ0n) is 34.1. The third-order valence-electron chi connectivity index (χ3n) is 16.0. The molecule has 6 rings (SSSR count). The van der Waals surface area contributed by atoms with E-state index in [1.807, 2.05) is 0 Å². The number of fused-ring (bicyclic) bond motifs is 5. The smallest absolute Gasteiger partial charge is 0.186 e. The second-order valence-electron chi connectivity index (χ2n) is 19.7. The van der Waals surface area contributed by atoms with E-state index in [0.29, 0.717) is 25.7 Å². The Hall–Kier alpha value is -0.640. The first-order chi connectivity index (χ1) is 26.7. The molecule has 0 radical (unpaired) electrons. The summed E-state index contributed by atoms with van der Waals surface area (Å²) in [4.78, 5) is 0. The van der Waals surface area contributed by atoms with Crippen LogP contribution in [-0.4, -0.2) is 173 Å². The summed E-state index contributed by atoms with van der Waals surface area (Å²) in [6.45, 7) is 9.49. The summed E-state index contributed by atoms with van der Waals surface area (Å²) in [7, 11) is 0. The molecular formula is C41H72O16. The van der Waals surface area contributed by atoms with Crippen LogP contribution in [0.2, 0.25) is 0 Å². The lowest BCUT2D eigenvalue weighted by Gasteiger charge is -2.65. The van der Waals surface area contributed by atoms with E-state index in [1.165, 1.54) is 0 Å². The molecule has 2 heterocycles. The van der Waals surface area contributed by atoms with Gasteiger partial charge in [-0.05, 0) is 91.3 Å². The van der Waals surface area contributed by atoms with Gasteiger partial charge in [-0.1, -0.05) is 41.0 Å². The highest BCUT2D eigenvalue weighted by Crippen LogP contribution is 2.70. The molecule has 0 aromatic heterocycles. The normalized spacial score (nSPS) is 50.6. The van der Waals surface area contributed by atoms with Crippen LogP contribution >= 0.6 is 0 Å². The highest BCUT2D eigenvalue weighted by atomic mass is 16.7. The Morgan fingerprint density at radius 3 is 1.91 bits per heavy atom. The zero-order valence-corrected chi connectivity index (χ0v) is 34.1. The summed E-state index contributed by atoms with van der Waals surface area (Å²) in [6, 6.07) is 0. The van der Waals surface area contributed by atoms with E-state index in [0.717, 1.165) is 25.7 Å². The van der Waals surface area contributed by atoms with E-state index in [1.54, 1.807) is 0 Å². The monoisotopic (exact) mass is 820 g/mol. The largest absolute Gasteiger partial charge is 0.394 e. The Labute approximate surface area is 335 Å². The fourth-order valence-electron chi connectivity index (χ4n) is 13.0. The first-order valence-electron chi connectivity index (χ1n) is 21.4. The fraction of sp³-hybridized carbons (Fsp3) is 1.00. The van der Waals surface area contributed by atoms with Crippen LogP contribution in [0.15, 0.2) is 0 Å². The van der Waals surface area contributed by atoms with Crippen molar-refractivity contribution in [1.29, 1.82) is 0 Å². The van der Waals surface area contributed by atoms with Crippen LogP contribution in [0.25, 0.3) is 0 Å². The van der Waals surface area contributed by atoms with Crippen LogP contribution in [0.4, 0.5) is 0 Å². The predicted octanol–water partition coefficient (Wildman–Crippen LogP) is -1.25. The van der Waals surface area contributed by atoms with Crippen molar-refractivity contribution >= 4 is 0 Å². The first-order valence-corrected chi connectivity index (χ1v) is 21.4. The summed E-state index contributed by atoms with van der Waals surface area (Å²) in [5, 5.41) is 129. The number of hydrogen-bond acceptors (Lipinski definition) is 16. The maximum Gasteiger partial charge on any atom is 0.186 e. The zero-order chi connectivity index (χ0) is 41.9. The van der Waals surface area contributed by atoms with E-state index < -0.39 is 116 Å². The van der Waals surface area contributed by atoms with E-state index in [4.69, 9.17) is 24.1 Å². The Kier molecular flexibility index (Phi) is 14.2. The molecule has 4 saturated carbocycles. The average molecular weight is 821 g/mol. The van der Waals surface area contributed by atoms with Gasteiger partial charge < -0.3 is 80.2 Å². The Bertz CT molecular complexity index is 1330. The summed E-state index contributed by atoms with van der Waals surface area (Å²) in [5.41, 5.74) is -2.28. The second kappa shape index (κ2) is 17.6. The van der Waals surface area contributed by atoms with Crippen molar-refractivity contribution in [3.05, 3.63) is 0 Å². The van der Waals surface area contributed by atoms with Gasteiger partial charge in [0.05, 0.1) is 49.8 Å². The third kappa shape index (κ3) is 8.23. The standard InChI is InChI=1S/C41H72O16/c1-18(2)20(10-13-54-37-32(51)30(49)35(57-37)25(46)17-55-38-33(52)29(48)34(56-38)24(45)16-42)7-6-19(3)27-28(47)31(50)36-40(27,5)12-9-26-39(4)11-8-21(43)14-22(39)23(44)15-41(26,36)53/h18-38,42-53H,6-17H2,1-5H3. The van der Waals surface area contributed by atoms with Crippen molar-refractivity contribution in [2.45, 2.75) is 184 Å². The molecule has 4 aliphatic carbocycles. The minimum Gasteiger partial charge on any atom is -0.394 e. The lowest BCUT2D eigenvalue weighted by molar-refractivity contribution is -0.264. The van der Waals surface area contributed by atoms with Gasteiger partial charge in [-0.3, -0.25) is 0 Å². The Morgan fingerprint density at radius 2 is 1.30 bits per heavy atom. The van der Waals surface area contributed by atoms with Crippen LogP contribution in [0.1, 0.15) is 92.4 Å². The molecule has 0 bridgehead atoms. The predicted molar refractivity (Wildman–Crippen MR) is 201 cm³/mol. The molecule has 0 spiro atoms. The van der Waals surface area contributed by atoms with Gasteiger partial charge >= 0.3 is 0 Å². The van der Waals surface area contributed by atoms with Gasteiger partial charge in [0, 0.05) is 12.3 Å². The van der Waals surface area contributed by atoms with Crippen molar-refractivity contribution in [3.63, 3.8) is 0 Å². The summed E-state index contributed by atoms with van der Waals surface area (Å²) in [6.07, 6.45) is -12.3. The molecule has 0 aromatic rings. The molecule has 23 atom stereocenters. The van der Waals surface area contributed by atoms with Gasteiger partial charge in [-0.15, -0.1) is 0 Å². The molecule has 12 N–H and O–H groups in total. The Morgan fingerprint density at radius 1 is 0.702 bits per heavy atom. The van der Waals surface area contributed by atoms with E-state index in [9.17, 15) is 56.2 Å². The van der Waals surface area contributed by atoms with Crippen LogP contribution in [-0.2, 0) is 18.9 Å². The van der Waals surface area contributed by atoms with Crippen molar-refractivity contribution < 1.29 is 80.2 Å². The van der Waals surface area contributed by atoms with Crippen molar-refractivity contribution in [3.8, 4) is 0 Å². The van der Waals surface area contributed by atoms with Crippen molar-refractivity contribution in [2.24, 2.45) is 52.3 Å². The quantitative estimate of drug-likeness (QED) is 0.0920. The van der Waals surface area contributed by atoms with Gasteiger partial charge in [-0.2, -0.15) is 0 Å². The molecule has 0 aromatic carbocycles. The molecule has 6 aliphatic rings. The molecule has 2 aliphatic heterocycles. The molecular weight excluding hydrogens is 748 g/mol. The number of aliphatic hydroxyl groups is 12. The number of hydrogen-bond donors (Lipinski definition) is 12. The topological polar surface area (TPSA) is 280 Å². The molecule has 2 saturated heterocycles. The van der Waals surface area contributed by atoms with Crippen LogP contribution in [0.5, 0.6) is 0 Å². The summed E-state index contributed by atoms with van der Waals surface area (Å²) >= 11 is 0. The molecule has 0 amide bonds. The highest BCUT2D eigenvalue weighted by molar-refractivity contribution is 5.21. The summed E-state index contributed by atoms with van der Waals surface area (Å²) < 4.78 is 22.3. The van der Waals surface area contributed by atoms with Crippen LogP contribution < -0.4 is 0 Å². The maximum atomic E-state index is 12.6. The first kappa shape index (κ1) is 45.9. The molecule has 57 heavy (non-hydrogen) atoms. The molecule has 332 valence electrons. The van der Waals surface area contributed by atoms with E-state index in [2.05, 4.69) is 34.6 Å². The highest BCUT2D eigenvalue weighted by Gasteiger charge is 2.72. The maximum absolute atomic E-state index is 12.6. The summed E-state index contributed by atoms with van der Waals surface area (Å²) in [5.74, 6) is -0.735. The molecule has 16 heteroatoms. The Balaban J connectivity index is 1.01. The molecule has 16 nitrogen and oxygen atoms in total. The second-order valence-corrected chi connectivity index (χ2v) is 19.7. The van der Waals surface area contributed by atoms with Gasteiger partial charge in [-0.25, -0.2) is 0 Å². The fourth-order valence-corrected chi connectivity index (χ4v) is 13.0. The van der Waals surface area contributed by atoms with Crippen molar-refractivity contribution in [1.82, 2.24) is 0 Å². The SMILES string of the molecule is CC(C)C(CCOC1OC(C(O)COC2OC(C(O)CO)C(O)C2O)C(O)C1O)CCC(C)C1C(O)C(O)C2C1(C)CCC1C3(C)CCC(O)CC3C(O)CC12O. The van der Waals surface area contributed by atoms with Gasteiger partial charge in [0.2, 0.25) is 0 Å². The average Bonchev–Trinajstić information content (AvgIpc) is 3.68. The van der Waals surface area contributed by atoms with Gasteiger partial charge in [0.1, 0.15) is 48.8 Å². The lowest BCUT2D eigenvalue weighted by Crippen LogP contribution is -2.68. The van der Waals surface area contributed by atoms with Crippen LogP contribution in [0.3, 0.4) is 0 Å². The van der Waals surface area contributed by atoms with Gasteiger partial charge in [0.25, 0.3) is 0 Å². The van der Waals surface area contributed by atoms with E-state index in [-0.39, 0.29) is 54.0 Å². The van der Waals surface area contributed by atoms with Gasteiger partial charge in [0.15, 0.2) is 12.6 Å². The van der Waals surface area contributed by atoms with Crippen molar-refractivity contribution in [2.75, 3.05) is 19.8 Å². The lowest BCUT2D eigenvalue weighted by atomic mass is 9.42. The third-order valence-corrected chi connectivity index (χ3v) is 16.0. The minimum absolute atomic E-state index is 0.00196. The minimum atomic E-state index is -1.57. The number of ether oxygens (including phenoxy) is 4. The molecule has 23 unspecified atom stereocenters. The molecule has 6 fully saturated rings. The number of aliphatic hydroxyl groups excluding tert-OH is 11. The van der Waals surface area contributed by atoms with Crippen LogP contribution in [0, 0.1) is 52.3 Å². The van der Waals surface area contributed by atoms with E-state index >= 15 is 0 Å². The number of rotatable bonds is 15.